The first-order valence-electron chi connectivity index (χ1n) is 9.21. The van der Waals surface area contributed by atoms with E-state index in [1.54, 1.807) is 0 Å². The van der Waals surface area contributed by atoms with Crippen LogP contribution in [-0.4, -0.2) is 33.6 Å². The quantitative estimate of drug-likeness (QED) is 0.714. The molecule has 1 fully saturated rings. The Labute approximate surface area is 157 Å². The Morgan fingerprint density at radius 2 is 2.11 bits per heavy atom. The lowest BCUT2D eigenvalue weighted by Crippen LogP contribution is -2.38. The summed E-state index contributed by atoms with van der Waals surface area (Å²) in [6.45, 7) is 6.24. The number of carbonyl (C=O) groups is 1. The zero-order chi connectivity index (χ0) is 19.6. The lowest BCUT2D eigenvalue weighted by Gasteiger charge is -2.31. The van der Waals surface area contributed by atoms with E-state index in [2.05, 4.69) is 23.8 Å². The average Bonchev–Trinajstić information content (AvgIpc) is 3.09. The van der Waals surface area contributed by atoms with E-state index in [9.17, 15) is 18.0 Å². The number of carbonyl (C=O) groups excluding carboxylic acids is 1. The van der Waals surface area contributed by atoms with Gasteiger partial charge in [0.2, 0.25) is 0 Å². The summed E-state index contributed by atoms with van der Waals surface area (Å²) < 4.78 is 40.6. The van der Waals surface area contributed by atoms with Gasteiger partial charge in [0.05, 0.1) is 11.8 Å². The van der Waals surface area contributed by atoms with Crippen molar-refractivity contribution < 1.29 is 18.0 Å². The number of likely N-dealkylation sites (tertiary alicyclic amines) is 1. The van der Waals surface area contributed by atoms with Crippen LogP contribution in [0, 0.1) is 5.92 Å². The SMILES string of the molecule is CC(C)n1cc(CN2CCC[C@H](C(=O)c3cccc(C(F)(F)F)c3)C2)cn1. The van der Waals surface area contributed by atoms with Gasteiger partial charge in [-0.2, -0.15) is 18.3 Å². The van der Waals surface area contributed by atoms with Crippen LogP contribution in [-0.2, 0) is 12.7 Å². The summed E-state index contributed by atoms with van der Waals surface area (Å²) in [5.74, 6) is -0.481. The first-order chi connectivity index (χ1) is 12.7. The summed E-state index contributed by atoms with van der Waals surface area (Å²) in [7, 11) is 0. The maximum Gasteiger partial charge on any atom is 0.416 e. The number of halogens is 3. The van der Waals surface area contributed by atoms with Crippen LogP contribution < -0.4 is 0 Å². The van der Waals surface area contributed by atoms with Crippen LogP contribution in [0.2, 0.25) is 0 Å². The number of aromatic nitrogens is 2. The van der Waals surface area contributed by atoms with E-state index in [0.717, 1.165) is 30.7 Å². The van der Waals surface area contributed by atoms with Gasteiger partial charge in [-0.25, -0.2) is 0 Å². The summed E-state index contributed by atoms with van der Waals surface area (Å²) in [6.07, 6.45) is 0.955. The molecule has 0 N–H and O–H groups in total. The highest BCUT2D eigenvalue weighted by molar-refractivity contribution is 5.98. The van der Waals surface area contributed by atoms with Crippen LogP contribution >= 0.6 is 0 Å². The van der Waals surface area contributed by atoms with Gasteiger partial charge in [0, 0.05) is 42.4 Å². The first kappa shape index (κ1) is 19.6. The highest BCUT2D eigenvalue weighted by Crippen LogP contribution is 2.31. The summed E-state index contributed by atoms with van der Waals surface area (Å²) in [6, 6.07) is 5.03. The molecule has 4 nitrogen and oxygen atoms in total. The number of ketones is 1. The molecule has 0 spiro atoms. The number of Topliss-reactive ketones (excluding diaryl/α,β-unsaturated/α-hetero) is 1. The fourth-order valence-corrected chi connectivity index (χ4v) is 3.50. The zero-order valence-corrected chi connectivity index (χ0v) is 15.5. The van der Waals surface area contributed by atoms with Crippen molar-refractivity contribution >= 4 is 5.78 Å². The molecular weight excluding hydrogens is 355 g/mol. The molecule has 2 heterocycles. The molecule has 1 aromatic heterocycles. The molecule has 0 amide bonds. The molecule has 1 aliphatic rings. The molecule has 0 bridgehead atoms. The molecule has 2 aromatic rings. The van der Waals surface area contributed by atoms with Crippen molar-refractivity contribution in [3.8, 4) is 0 Å². The molecule has 0 radical (unpaired) electrons. The van der Waals surface area contributed by atoms with Gasteiger partial charge in [0.25, 0.3) is 0 Å². The third kappa shape index (κ3) is 4.77. The second-order valence-electron chi connectivity index (χ2n) is 7.44. The largest absolute Gasteiger partial charge is 0.416 e. The Balaban J connectivity index is 1.67. The average molecular weight is 379 g/mol. The van der Waals surface area contributed by atoms with Crippen molar-refractivity contribution in [1.29, 1.82) is 0 Å². The van der Waals surface area contributed by atoms with Crippen molar-refractivity contribution in [2.75, 3.05) is 13.1 Å². The second-order valence-corrected chi connectivity index (χ2v) is 7.44. The number of hydrogen-bond acceptors (Lipinski definition) is 3. The minimum Gasteiger partial charge on any atom is -0.298 e. The van der Waals surface area contributed by atoms with E-state index in [0.29, 0.717) is 19.5 Å². The van der Waals surface area contributed by atoms with Crippen LogP contribution in [0.3, 0.4) is 0 Å². The van der Waals surface area contributed by atoms with E-state index < -0.39 is 11.7 Å². The smallest absolute Gasteiger partial charge is 0.298 e. The standard InChI is InChI=1S/C20H24F3N3O/c1-14(2)26-12-15(10-24-26)11-25-8-4-6-17(13-25)19(27)16-5-3-7-18(9-16)20(21,22)23/h3,5,7,9-10,12,14,17H,4,6,8,11,13H2,1-2H3/t17-/m0/s1. The molecule has 1 aromatic carbocycles. The lowest BCUT2D eigenvalue weighted by atomic mass is 9.89. The summed E-state index contributed by atoms with van der Waals surface area (Å²) in [4.78, 5) is 14.9. The molecule has 146 valence electrons. The number of rotatable bonds is 5. The fraction of sp³-hybridized carbons (Fsp3) is 0.500. The number of piperidine rings is 1. The normalized spacial score (nSPS) is 18.8. The molecule has 0 unspecified atom stereocenters. The number of benzene rings is 1. The molecule has 1 atom stereocenters. The third-order valence-electron chi connectivity index (χ3n) is 4.94. The Morgan fingerprint density at radius 1 is 1.33 bits per heavy atom. The monoisotopic (exact) mass is 379 g/mol. The number of alkyl halides is 3. The molecular formula is C20H24F3N3O. The molecule has 1 saturated heterocycles. The van der Waals surface area contributed by atoms with E-state index in [1.807, 2.05) is 17.1 Å². The second kappa shape index (κ2) is 7.84. The van der Waals surface area contributed by atoms with Crippen LogP contribution in [0.5, 0.6) is 0 Å². The predicted molar refractivity (Wildman–Crippen MR) is 96.4 cm³/mol. The third-order valence-corrected chi connectivity index (χ3v) is 4.94. The Hall–Kier alpha value is -2.15. The van der Waals surface area contributed by atoms with Gasteiger partial charge in [-0.15, -0.1) is 0 Å². The maximum atomic E-state index is 12.9. The van der Waals surface area contributed by atoms with Gasteiger partial charge < -0.3 is 0 Å². The van der Waals surface area contributed by atoms with Crippen LogP contribution in [0.4, 0.5) is 13.2 Å². The van der Waals surface area contributed by atoms with E-state index in [-0.39, 0.29) is 23.3 Å². The number of nitrogens with zero attached hydrogens (tertiary/aromatic N) is 3. The minimum atomic E-state index is -4.44. The summed E-state index contributed by atoms with van der Waals surface area (Å²) >= 11 is 0. The molecule has 0 saturated carbocycles. The van der Waals surface area contributed by atoms with Crippen molar-refractivity contribution in [3.63, 3.8) is 0 Å². The van der Waals surface area contributed by atoms with Crippen molar-refractivity contribution in [3.05, 3.63) is 53.3 Å². The van der Waals surface area contributed by atoms with Gasteiger partial charge in [-0.3, -0.25) is 14.4 Å². The molecule has 1 aliphatic heterocycles. The van der Waals surface area contributed by atoms with Crippen molar-refractivity contribution in [1.82, 2.24) is 14.7 Å². The molecule has 3 rings (SSSR count). The first-order valence-corrected chi connectivity index (χ1v) is 9.21. The van der Waals surface area contributed by atoms with Gasteiger partial charge in [-0.05, 0) is 45.4 Å². The molecule has 27 heavy (non-hydrogen) atoms. The Morgan fingerprint density at radius 3 is 2.78 bits per heavy atom. The highest BCUT2D eigenvalue weighted by Gasteiger charge is 2.32. The number of hydrogen-bond donors (Lipinski definition) is 0. The molecule has 0 aliphatic carbocycles. The van der Waals surface area contributed by atoms with Gasteiger partial charge in [-0.1, -0.05) is 12.1 Å². The van der Waals surface area contributed by atoms with Crippen LogP contribution in [0.1, 0.15) is 54.2 Å². The minimum absolute atomic E-state index is 0.143. The van der Waals surface area contributed by atoms with Crippen molar-refractivity contribution in [2.24, 2.45) is 5.92 Å². The molecule has 7 heteroatoms. The predicted octanol–water partition coefficient (Wildman–Crippen LogP) is 4.58. The maximum absolute atomic E-state index is 12.9. The van der Waals surface area contributed by atoms with E-state index >= 15 is 0 Å². The highest BCUT2D eigenvalue weighted by atomic mass is 19.4. The van der Waals surface area contributed by atoms with Crippen LogP contribution in [0.25, 0.3) is 0 Å². The van der Waals surface area contributed by atoms with Gasteiger partial charge >= 0.3 is 6.18 Å². The van der Waals surface area contributed by atoms with Crippen LogP contribution in [0.15, 0.2) is 36.7 Å². The lowest BCUT2D eigenvalue weighted by molar-refractivity contribution is -0.137. The van der Waals surface area contributed by atoms with Gasteiger partial charge in [0.1, 0.15) is 0 Å². The Kier molecular flexibility index (Phi) is 5.69. The van der Waals surface area contributed by atoms with Gasteiger partial charge in [0.15, 0.2) is 5.78 Å². The topological polar surface area (TPSA) is 38.1 Å². The fourth-order valence-electron chi connectivity index (χ4n) is 3.50. The summed E-state index contributed by atoms with van der Waals surface area (Å²) in [5.41, 5.74) is 0.447. The zero-order valence-electron chi connectivity index (χ0n) is 15.5. The Bertz CT molecular complexity index is 798. The van der Waals surface area contributed by atoms with Crippen molar-refractivity contribution in [2.45, 2.75) is 45.5 Å². The summed E-state index contributed by atoms with van der Waals surface area (Å²) in [5, 5.41) is 4.33. The van der Waals surface area contributed by atoms with E-state index in [1.165, 1.54) is 12.1 Å². The van der Waals surface area contributed by atoms with E-state index in [4.69, 9.17) is 0 Å².